The van der Waals surface area contributed by atoms with Crippen LogP contribution in [0.25, 0.3) is 88.3 Å². The van der Waals surface area contributed by atoms with Crippen molar-refractivity contribution in [3.8, 4) is 34.0 Å². The van der Waals surface area contributed by atoms with Gasteiger partial charge in [-0.3, -0.25) is 4.57 Å². The summed E-state index contributed by atoms with van der Waals surface area (Å²) < 4.78 is 4.38. The fourth-order valence-corrected chi connectivity index (χ4v) is 7.34. The first-order valence-corrected chi connectivity index (χ1v) is 16.3. The van der Waals surface area contributed by atoms with Crippen molar-refractivity contribution in [2.45, 2.75) is 0 Å². The van der Waals surface area contributed by atoms with Crippen molar-refractivity contribution < 1.29 is 0 Å². The molecule has 0 aliphatic rings. The molecule has 0 unspecified atom stereocenters. The Morgan fingerprint density at radius 1 is 0.438 bits per heavy atom. The third-order valence-corrected chi connectivity index (χ3v) is 9.55. The second kappa shape index (κ2) is 10.5. The van der Waals surface area contributed by atoms with E-state index in [0.29, 0.717) is 5.95 Å². The molecular formula is C44H28N4. The second-order valence-corrected chi connectivity index (χ2v) is 12.3. The molecule has 10 rings (SSSR count). The predicted octanol–water partition coefficient (Wildman–Crippen LogP) is 11.2. The molecule has 0 bridgehead atoms. The number of fused-ring (bicyclic) bond motifs is 7. The molecule has 0 atom stereocenters. The van der Waals surface area contributed by atoms with Crippen LogP contribution in [0.4, 0.5) is 0 Å². The Hall–Kier alpha value is -6.52. The Morgan fingerprint density at radius 2 is 1.12 bits per heavy atom. The van der Waals surface area contributed by atoms with Crippen LogP contribution in [0.1, 0.15) is 0 Å². The first kappa shape index (κ1) is 26.7. The van der Waals surface area contributed by atoms with E-state index in [4.69, 9.17) is 9.97 Å². The summed E-state index contributed by atoms with van der Waals surface area (Å²) in [5.41, 5.74) is 8.45. The Bertz CT molecular complexity index is 2840. The van der Waals surface area contributed by atoms with Crippen molar-refractivity contribution in [3.63, 3.8) is 0 Å². The predicted molar refractivity (Wildman–Crippen MR) is 199 cm³/mol. The molecule has 0 saturated carbocycles. The minimum absolute atomic E-state index is 0.653. The largest absolute Gasteiger partial charge is 0.321 e. The molecule has 0 fully saturated rings. The van der Waals surface area contributed by atoms with Crippen LogP contribution in [0.15, 0.2) is 170 Å². The average Bonchev–Trinajstić information content (AvgIpc) is 3.74. The van der Waals surface area contributed by atoms with Gasteiger partial charge in [-0.1, -0.05) is 127 Å². The number of hydrogen-bond acceptors (Lipinski definition) is 2. The van der Waals surface area contributed by atoms with Gasteiger partial charge in [-0.05, 0) is 63.0 Å². The van der Waals surface area contributed by atoms with E-state index in [1.54, 1.807) is 0 Å². The number of para-hydroxylation sites is 2. The van der Waals surface area contributed by atoms with E-state index in [9.17, 15) is 0 Å². The van der Waals surface area contributed by atoms with E-state index < -0.39 is 0 Å². The first-order valence-electron chi connectivity index (χ1n) is 16.3. The normalized spacial score (nSPS) is 11.8. The van der Waals surface area contributed by atoms with E-state index in [2.05, 4.69) is 173 Å². The monoisotopic (exact) mass is 612 g/mol. The lowest BCUT2D eigenvalue weighted by Crippen LogP contribution is -2.02. The van der Waals surface area contributed by atoms with Crippen molar-refractivity contribution in [2.75, 3.05) is 0 Å². The summed E-state index contributed by atoms with van der Waals surface area (Å²) in [7, 11) is 0. The molecule has 0 aliphatic carbocycles. The van der Waals surface area contributed by atoms with Crippen molar-refractivity contribution >= 4 is 54.3 Å². The maximum atomic E-state index is 5.44. The van der Waals surface area contributed by atoms with Gasteiger partial charge in [0.1, 0.15) is 0 Å². The number of rotatable bonds is 4. The molecule has 0 amide bonds. The minimum Gasteiger partial charge on any atom is -0.321 e. The van der Waals surface area contributed by atoms with Gasteiger partial charge in [0.05, 0.1) is 22.2 Å². The molecule has 3 aromatic heterocycles. The molecule has 3 heterocycles. The molecule has 4 heteroatoms. The number of benzene rings is 7. The number of nitrogens with zero attached hydrogens (tertiary/aromatic N) is 4. The SMILES string of the molecule is c1ccc(-n2cc3nc(-n4c5ccccc5c5c6ccccc6ccc54)nc(-c4cccc(-c5cccc6ccccc56)c4)c3c2)cc1. The summed E-state index contributed by atoms with van der Waals surface area (Å²) in [6.45, 7) is 0. The van der Waals surface area contributed by atoms with E-state index in [1.807, 2.05) is 6.07 Å². The van der Waals surface area contributed by atoms with Gasteiger partial charge in [0.15, 0.2) is 0 Å². The molecule has 48 heavy (non-hydrogen) atoms. The van der Waals surface area contributed by atoms with E-state index >= 15 is 0 Å². The summed E-state index contributed by atoms with van der Waals surface area (Å²) in [6, 6.07) is 55.9. The van der Waals surface area contributed by atoms with Gasteiger partial charge < -0.3 is 4.57 Å². The van der Waals surface area contributed by atoms with Gasteiger partial charge in [0.2, 0.25) is 5.95 Å². The zero-order valence-electron chi connectivity index (χ0n) is 26.0. The summed E-state index contributed by atoms with van der Waals surface area (Å²) in [4.78, 5) is 10.7. The topological polar surface area (TPSA) is 35.6 Å². The maximum absolute atomic E-state index is 5.44. The fraction of sp³-hybridized carbons (Fsp3) is 0. The summed E-state index contributed by atoms with van der Waals surface area (Å²) in [6.07, 6.45) is 4.28. The Kier molecular flexibility index (Phi) is 5.84. The summed E-state index contributed by atoms with van der Waals surface area (Å²) in [5, 5.41) is 8.32. The Morgan fingerprint density at radius 3 is 2.00 bits per heavy atom. The van der Waals surface area contributed by atoms with Crippen molar-refractivity contribution in [1.82, 2.24) is 19.1 Å². The zero-order chi connectivity index (χ0) is 31.6. The van der Waals surface area contributed by atoms with Crippen molar-refractivity contribution in [3.05, 3.63) is 170 Å². The highest BCUT2D eigenvalue weighted by Crippen LogP contribution is 2.38. The van der Waals surface area contributed by atoms with Crippen LogP contribution in [0.5, 0.6) is 0 Å². The maximum Gasteiger partial charge on any atom is 0.235 e. The summed E-state index contributed by atoms with van der Waals surface area (Å²) in [5.74, 6) is 0.653. The van der Waals surface area contributed by atoms with Gasteiger partial charge in [0.25, 0.3) is 0 Å². The highest BCUT2D eigenvalue weighted by atomic mass is 15.2. The highest BCUT2D eigenvalue weighted by Gasteiger charge is 2.20. The van der Waals surface area contributed by atoms with Crippen LogP contribution in [0, 0.1) is 0 Å². The molecule has 0 radical (unpaired) electrons. The van der Waals surface area contributed by atoms with E-state index in [1.165, 1.54) is 37.9 Å². The summed E-state index contributed by atoms with van der Waals surface area (Å²) >= 11 is 0. The molecule has 224 valence electrons. The van der Waals surface area contributed by atoms with Crippen LogP contribution in [0.2, 0.25) is 0 Å². The fourth-order valence-electron chi connectivity index (χ4n) is 7.34. The van der Waals surface area contributed by atoms with Crippen LogP contribution < -0.4 is 0 Å². The van der Waals surface area contributed by atoms with Gasteiger partial charge >= 0.3 is 0 Å². The third kappa shape index (κ3) is 4.10. The second-order valence-electron chi connectivity index (χ2n) is 12.3. The first-order chi connectivity index (χ1) is 23.8. The van der Waals surface area contributed by atoms with Crippen LogP contribution in [-0.2, 0) is 0 Å². The lowest BCUT2D eigenvalue weighted by Gasteiger charge is -2.12. The van der Waals surface area contributed by atoms with Gasteiger partial charge in [-0.15, -0.1) is 0 Å². The smallest absolute Gasteiger partial charge is 0.235 e. The van der Waals surface area contributed by atoms with Gasteiger partial charge in [-0.25, -0.2) is 9.97 Å². The van der Waals surface area contributed by atoms with Crippen LogP contribution in [-0.4, -0.2) is 19.1 Å². The lowest BCUT2D eigenvalue weighted by molar-refractivity contribution is 1.01. The minimum atomic E-state index is 0.653. The molecule has 4 nitrogen and oxygen atoms in total. The van der Waals surface area contributed by atoms with E-state index in [-0.39, 0.29) is 0 Å². The zero-order valence-corrected chi connectivity index (χ0v) is 26.0. The lowest BCUT2D eigenvalue weighted by atomic mass is 9.96. The standard InChI is InChI=1S/C44H28N4/c1-2-17-33(18-3-1)47-27-38-39(28-47)45-44(48-40-23-9-8-21-37(40)42-36-20-7-5-13-30(36)24-25-41(42)48)46-43(38)32-16-10-15-31(26-32)35-22-11-14-29-12-4-6-19-34(29)35/h1-28H. The molecule has 0 saturated heterocycles. The molecule has 0 N–H and O–H groups in total. The highest BCUT2D eigenvalue weighted by molar-refractivity contribution is 6.21. The Labute approximate surface area is 276 Å². The van der Waals surface area contributed by atoms with Crippen LogP contribution >= 0.6 is 0 Å². The number of aromatic nitrogens is 4. The Balaban J connectivity index is 1.26. The van der Waals surface area contributed by atoms with Crippen molar-refractivity contribution in [1.29, 1.82) is 0 Å². The van der Waals surface area contributed by atoms with Gasteiger partial charge in [-0.2, -0.15) is 0 Å². The third-order valence-electron chi connectivity index (χ3n) is 9.55. The average molecular weight is 613 g/mol. The number of hydrogen-bond donors (Lipinski definition) is 0. The van der Waals surface area contributed by atoms with Crippen molar-refractivity contribution in [2.24, 2.45) is 0 Å². The quantitative estimate of drug-likeness (QED) is 0.198. The molecule has 10 aromatic rings. The molecular weight excluding hydrogens is 585 g/mol. The van der Waals surface area contributed by atoms with Crippen LogP contribution in [0.3, 0.4) is 0 Å². The van der Waals surface area contributed by atoms with E-state index in [0.717, 1.165) is 44.4 Å². The molecule has 0 spiro atoms. The molecule has 0 aliphatic heterocycles. The van der Waals surface area contributed by atoms with Gasteiger partial charge in [0, 0.05) is 39.8 Å². The molecule has 7 aromatic carbocycles.